The van der Waals surface area contributed by atoms with Gasteiger partial charge in [-0.15, -0.1) is 0 Å². The normalized spacial score (nSPS) is 16.9. The van der Waals surface area contributed by atoms with Gasteiger partial charge in [0.25, 0.3) is 0 Å². The number of nitrogens with zero attached hydrogens (tertiary/aromatic N) is 2. The quantitative estimate of drug-likeness (QED) is 0.788. The van der Waals surface area contributed by atoms with E-state index in [0.717, 1.165) is 17.9 Å². The zero-order chi connectivity index (χ0) is 19.3. The molecule has 144 valence electrons. The lowest BCUT2D eigenvalue weighted by Crippen LogP contribution is -2.33. The van der Waals surface area contributed by atoms with Crippen LogP contribution >= 0.6 is 0 Å². The third-order valence-corrected chi connectivity index (χ3v) is 4.50. The fourth-order valence-electron chi connectivity index (χ4n) is 3.03. The number of furan rings is 1. The molecule has 1 saturated heterocycles. The van der Waals surface area contributed by atoms with E-state index in [1.165, 1.54) is 6.07 Å². The van der Waals surface area contributed by atoms with Gasteiger partial charge in [0.15, 0.2) is 0 Å². The predicted octanol–water partition coefficient (Wildman–Crippen LogP) is 4.05. The molecule has 0 aliphatic carbocycles. The van der Waals surface area contributed by atoms with Crippen LogP contribution in [0.2, 0.25) is 0 Å². The SMILES string of the molecule is O=C1CCN(C/C=C/c2ccco2)CCN1Cc1cccc(C(F)(F)F)c1. The topological polar surface area (TPSA) is 36.7 Å². The summed E-state index contributed by atoms with van der Waals surface area (Å²) in [4.78, 5) is 16.1. The first-order valence-corrected chi connectivity index (χ1v) is 8.78. The van der Waals surface area contributed by atoms with Gasteiger partial charge in [0, 0.05) is 39.1 Å². The monoisotopic (exact) mass is 378 g/mol. The van der Waals surface area contributed by atoms with Crippen molar-refractivity contribution in [3.05, 3.63) is 65.6 Å². The molecular formula is C20H21F3N2O2. The van der Waals surface area contributed by atoms with E-state index in [1.54, 1.807) is 17.2 Å². The zero-order valence-corrected chi connectivity index (χ0v) is 14.8. The second-order valence-corrected chi connectivity index (χ2v) is 6.48. The molecule has 0 bridgehead atoms. The Labute approximate surface area is 155 Å². The Balaban J connectivity index is 1.57. The molecule has 2 heterocycles. The van der Waals surface area contributed by atoms with Crippen LogP contribution in [-0.4, -0.2) is 41.9 Å². The molecule has 0 atom stereocenters. The largest absolute Gasteiger partial charge is 0.465 e. The summed E-state index contributed by atoms with van der Waals surface area (Å²) < 4.78 is 43.8. The van der Waals surface area contributed by atoms with Crippen molar-refractivity contribution in [2.75, 3.05) is 26.2 Å². The zero-order valence-electron chi connectivity index (χ0n) is 14.8. The van der Waals surface area contributed by atoms with Crippen molar-refractivity contribution in [2.24, 2.45) is 0 Å². The van der Waals surface area contributed by atoms with Crippen LogP contribution in [0.3, 0.4) is 0 Å². The molecule has 0 spiro atoms. The van der Waals surface area contributed by atoms with Crippen molar-refractivity contribution in [3.63, 3.8) is 0 Å². The van der Waals surface area contributed by atoms with Gasteiger partial charge in [-0.2, -0.15) is 13.2 Å². The Morgan fingerprint density at radius 3 is 2.70 bits per heavy atom. The lowest BCUT2D eigenvalue weighted by atomic mass is 10.1. The number of hydrogen-bond donors (Lipinski definition) is 0. The van der Waals surface area contributed by atoms with Crippen molar-refractivity contribution in [1.29, 1.82) is 0 Å². The maximum absolute atomic E-state index is 12.9. The highest BCUT2D eigenvalue weighted by Gasteiger charge is 2.30. The number of hydrogen-bond acceptors (Lipinski definition) is 3. The van der Waals surface area contributed by atoms with Crippen LogP contribution in [0.5, 0.6) is 0 Å². The van der Waals surface area contributed by atoms with E-state index >= 15 is 0 Å². The Morgan fingerprint density at radius 1 is 1.11 bits per heavy atom. The van der Waals surface area contributed by atoms with Gasteiger partial charge in [-0.25, -0.2) is 0 Å². The molecule has 0 radical (unpaired) electrons. The van der Waals surface area contributed by atoms with Crippen LogP contribution in [-0.2, 0) is 17.5 Å². The summed E-state index contributed by atoms with van der Waals surface area (Å²) in [6.07, 6.45) is 1.44. The Morgan fingerprint density at radius 2 is 1.96 bits per heavy atom. The van der Waals surface area contributed by atoms with Gasteiger partial charge < -0.3 is 9.32 Å². The second-order valence-electron chi connectivity index (χ2n) is 6.48. The van der Waals surface area contributed by atoms with Crippen LogP contribution in [0, 0.1) is 0 Å². The first-order valence-electron chi connectivity index (χ1n) is 8.78. The molecular weight excluding hydrogens is 357 g/mol. The molecule has 0 saturated carbocycles. The van der Waals surface area contributed by atoms with E-state index in [4.69, 9.17) is 4.42 Å². The van der Waals surface area contributed by atoms with Crippen LogP contribution < -0.4 is 0 Å². The minimum Gasteiger partial charge on any atom is -0.465 e. The van der Waals surface area contributed by atoms with E-state index in [9.17, 15) is 18.0 Å². The van der Waals surface area contributed by atoms with Crippen molar-refractivity contribution >= 4 is 12.0 Å². The fraction of sp³-hybridized carbons (Fsp3) is 0.350. The summed E-state index contributed by atoms with van der Waals surface area (Å²) in [5, 5.41) is 0. The minimum absolute atomic E-state index is 0.0371. The van der Waals surface area contributed by atoms with Crippen LogP contribution in [0.25, 0.3) is 6.08 Å². The van der Waals surface area contributed by atoms with Gasteiger partial charge in [0.2, 0.25) is 5.91 Å². The van der Waals surface area contributed by atoms with E-state index in [1.807, 2.05) is 24.3 Å². The minimum atomic E-state index is -4.38. The van der Waals surface area contributed by atoms with E-state index in [-0.39, 0.29) is 12.5 Å². The van der Waals surface area contributed by atoms with Crippen LogP contribution in [0.1, 0.15) is 23.3 Å². The number of carbonyl (C=O) groups excluding carboxylic acids is 1. The third kappa shape index (κ3) is 5.47. The molecule has 1 aliphatic rings. The van der Waals surface area contributed by atoms with Crippen LogP contribution in [0.4, 0.5) is 13.2 Å². The summed E-state index contributed by atoms with van der Waals surface area (Å²) in [7, 11) is 0. The molecule has 0 unspecified atom stereocenters. The fourth-order valence-corrected chi connectivity index (χ4v) is 3.03. The number of alkyl halides is 3. The Bertz CT molecular complexity index is 785. The molecule has 1 amide bonds. The number of carbonyl (C=O) groups is 1. The lowest BCUT2D eigenvalue weighted by molar-refractivity contribution is -0.137. The highest BCUT2D eigenvalue weighted by atomic mass is 19.4. The Kier molecular flexibility index (Phi) is 6.01. The summed E-state index contributed by atoms with van der Waals surface area (Å²) in [5.74, 6) is 0.733. The average molecular weight is 378 g/mol. The smallest absolute Gasteiger partial charge is 0.416 e. The summed E-state index contributed by atoms with van der Waals surface area (Å²) >= 11 is 0. The first kappa shape index (κ1) is 19.2. The van der Waals surface area contributed by atoms with Gasteiger partial charge in [0.1, 0.15) is 5.76 Å². The van der Waals surface area contributed by atoms with Gasteiger partial charge >= 0.3 is 6.18 Å². The molecule has 4 nitrogen and oxygen atoms in total. The summed E-state index contributed by atoms with van der Waals surface area (Å²) in [6.45, 7) is 2.67. The van der Waals surface area contributed by atoms with Gasteiger partial charge in [0.05, 0.1) is 11.8 Å². The third-order valence-electron chi connectivity index (χ3n) is 4.50. The lowest BCUT2D eigenvalue weighted by Gasteiger charge is -2.22. The number of amides is 1. The molecule has 1 aliphatic heterocycles. The maximum atomic E-state index is 12.9. The van der Waals surface area contributed by atoms with E-state index in [0.29, 0.717) is 38.2 Å². The number of benzene rings is 1. The number of rotatable bonds is 5. The molecule has 0 N–H and O–H groups in total. The van der Waals surface area contributed by atoms with Crippen LogP contribution in [0.15, 0.2) is 53.2 Å². The molecule has 3 rings (SSSR count). The predicted molar refractivity (Wildman–Crippen MR) is 95.7 cm³/mol. The summed E-state index contributed by atoms with van der Waals surface area (Å²) in [5.41, 5.74) is -0.198. The number of halogens is 3. The average Bonchev–Trinajstić information content (AvgIpc) is 3.09. The highest BCUT2D eigenvalue weighted by Crippen LogP contribution is 2.29. The molecule has 27 heavy (non-hydrogen) atoms. The Hall–Kier alpha value is -2.54. The molecule has 1 aromatic carbocycles. The van der Waals surface area contributed by atoms with Crippen molar-refractivity contribution in [1.82, 2.24) is 9.80 Å². The second kappa shape index (κ2) is 8.43. The highest BCUT2D eigenvalue weighted by molar-refractivity contribution is 5.76. The molecule has 1 fully saturated rings. The standard InChI is InChI=1S/C20H21F3N2O2/c21-20(22,23)17-5-1-4-16(14-17)15-25-12-11-24(10-8-19(25)26)9-2-6-18-7-3-13-27-18/h1-7,13-14H,8-12,15H2/b6-2+. The maximum Gasteiger partial charge on any atom is 0.416 e. The molecule has 1 aromatic heterocycles. The van der Waals surface area contributed by atoms with Crippen molar-refractivity contribution < 1.29 is 22.4 Å². The van der Waals surface area contributed by atoms with Crippen molar-refractivity contribution in [2.45, 2.75) is 19.1 Å². The molecule has 2 aromatic rings. The van der Waals surface area contributed by atoms with E-state index < -0.39 is 11.7 Å². The van der Waals surface area contributed by atoms with Gasteiger partial charge in [-0.05, 0) is 35.9 Å². The summed E-state index contributed by atoms with van der Waals surface area (Å²) in [6, 6.07) is 8.83. The van der Waals surface area contributed by atoms with Gasteiger partial charge in [-0.1, -0.05) is 18.2 Å². The first-order chi connectivity index (χ1) is 12.9. The van der Waals surface area contributed by atoms with Gasteiger partial charge in [-0.3, -0.25) is 9.69 Å². The van der Waals surface area contributed by atoms with Crippen molar-refractivity contribution in [3.8, 4) is 0 Å². The molecule has 7 heteroatoms. The van der Waals surface area contributed by atoms with E-state index in [2.05, 4.69) is 4.90 Å².